The molecule has 1 heterocycles. The van der Waals surface area contributed by atoms with Crippen LogP contribution in [0.25, 0.3) is 6.08 Å². The van der Waals surface area contributed by atoms with Crippen LogP contribution in [0.15, 0.2) is 54.4 Å². The minimum atomic E-state index is -1.58. The summed E-state index contributed by atoms with van der Waals surface area (Å²) < 4.78 is 0. The molecule has 0 aliphatic carbocycles. The normalized spacial score (nSPS) is 11.9. The van der Waals surface area contributed by atoms with Gasteiger partial charge in [-0.05, 0) is 30.2 Å². The van der Waals surface area contributed by atoms with E-state index in [4.69, 9.17) is 0 Å². The number of hydrogen-bond donors (Lipinski definition) is 0. The van der Waals surface area contributed by atoms with E-state index in [1.165, 1.54) is 16.4 Å². The zero-order chi connectivity index (χ0) is 13.0. The fraction of sp³-hybridized carbons (Fsp3) is 0.188. The maximum atomic E-state index is 4.50. The predicted octanol–water partition coefficient (Wildman–Crippen LogP) is 3.56. The molecule has 1 nitrogen and oxygen atoms in total. The molecule has 2 heteroatoms. The van der Waals surface area contributed by atoms with E-state index in [0.717, 1.165) is 0 Å². The van der Waals surface area contributed by atoms with Crippen molar-refractivity contribution >= 4 is 19.5 Å². The molecule has 2 aromatic rings. The fourth-order valence-corrected chi connectivity index (χ4v) is 3.60. The number of benzene rings is 1. The minimum Gasteiger partial charge on any atom is -0.266 e. The van der Waals surface area contributed by atoms with Crippen LogP contribution < -0.4 is 5.32 Å². The lowest BCUT2D eigenvalue weighted by molar-refractivity contribution is 1.37. The Labute approximate surface area is 110 Å². The van der Waals surface area contributed by atoms with Crippen LogP contribution in [0.4, 0.5) is 0 Å². The second-order valence-corrected chi connectivity index (χ2v) is 9.42. The molecule has 0 N–H and O–H groups in total. The van der Waals surface area contributed by atoms with Gasteiger partial charge in [-0.1, -0.05) is 55.2 Å². The molecule has 2 rings (SSSR count). The topological polar surface area (TPSA) is 12.9 Å². The summed E-state index contributed by atoms with van der Waals surface area (Å²) in [6.45, 7) is 6.79. The van der Waals surface area contributed by atoms with Crippen molar-refractivity contribution in [2.75, 3.05) is 0 Å². The maximum Gasteiger partial charge on any atom is 0.127 e. The van der Waals surface area contributed by atoms with Crippen molar-refractivity contribution in [3.05, 3.63) is 65.5 Å². The number of rotatable bonds is 3. The quantitative estimate of drug-likeness (QED) is 0.762. The molecule has 1 aromatic carbocycles. The van der Waals surface area contributed by atoms with Crippen LogP contribution in [0.3, 0.4) is 0 Å². The Kier molecular flexibility index (Phi) is 3.77. The number of hydrogen-bond acceptors (Lipinski definition) is 1. The standard InChI is InChI=1S/C16H19NSi/c1-14-8-4-5-9-15(14)11-13-18(2,3)16-10-6-7-12-17-16/h4-13H,1-3H3/b13-11+. The summed E-state index contributed by atoms with van der Waals surface area (Å²) in [7, 11) is -1.58. The first-order valence-electron chi connectivity index (χ1n) is 6.26. The van der Waals surface area contributed by atoms with E-state index in [2.05, 4.69) is 73.2 Å². The third-order valence-electron chi connectivity index (χ3n) is 3.19. The van der Waals surface area contributed by atoms with E-state index in [1.54, 1.807) is 0 Å². The number of aryl methyl sites for hydroxylation is 1. The lowest BCUT2D eigenvalue weighted by Gasteiger charge is -2.16. The highest BCUT2D eigenvalue weighted by molar-refractivity contribution is 6.93. The fourth-order valence-electron chi connectivity index (χ4n) is 1.90. The van der Waals surface area contributed by atoms with Gasteiger partial charge in [0.05, 0.1) is 0 Å². The third kappa shape index (κ3) is 2.96. The summed E-state index contributed by atoms with van der Waals surface area (Å²) in [4.78, 5) is 4.50. The molecule has 92 valence electrons. The summed E-state index contributed by atoms with van der Waals surface area (Å²) in [5.74, 6) is 0. The third-order valence-corrected chi connectivity index (χ3v) is 5.81. The highest BCUT2D eigenvalue weighted by Crippen LogP contribution is 2.12. The van der Waals surface area contributed by atoms with Crippen molar-refractivity contribution in [2.24, 2.45) is 0 Å². The van der Waals surface area contributed by atoms with E-state index in [-0.39, 0.29) is 0 Å². The summed E-state index contributed by atoms with van der Waals surface area (Å²) in [6, 6.07) is 14.6. The van der Waals surface area contributed by atoms with Gasteiger partial charge >= 0.3 is 0 Å². The van der Waals surface area contributed by atoms with Gasteiger partial charge in [0.1, 0.15) is 8.07 Å². The van der Waals surface area contributed by atoms with Gasteiger partial charge in [-0.15, -0.1) is 0 Å². The van der Waals surface area contributed by atoms with Crippen molar-refractivity contribution in [1.82, 2.24) is 4.98 Å². The molecule has 0 saturated carbocycles. The Morgan fingerprint density at radius 1 is 1.00 bits per heavy atom. The van der Waals surface area contributed by atoms with Crippen LogP contribution in [0, 0.1) is 6.92 Å². The lowest BCUT2D eigenvalue weighted by atomic mass is 10.1. The molecular formula is C16H19NSi. The molecule has 0 bridgehead atoms. The van der Waals surface area contributed by atoms with Crippen molar-refractivity contribution in [2.45, 2.75) is 20.0 Å². The smallest absolute Gasteiger partial charge is 0.127 e. The van der Waals surface area contributed by atoms with Crippen LogP contribution in [0.5, 0.6) is 0 Å². The Morgan fingerprint density at radius 2 is 1.72 bits per heavy atom. The molecule has 0 amide bonds. The van der Waals surface area contributed by atoms with Crippen LogP contribution >= 0.6 is 0 Å². The Hall–Kier alpha value is -1.67. The lowest BCUT2D eigenvalue weighted by Crippen LogP contribution is -2.41. The number of aromatic nitrogens is 1. The van der Waals surface area contributed by atoms with Gasteiger partial charge < -0.3 is 0 Å². The maximum absolute atomic E-state index is 4.50. The highest BCUT2D eigenvalue weighted by Gasteiger charge is 2.20. The van der Waals surface area contributed by atoms with E-state index < -0.39 is 8.07 Å². The Bertz CT molecular complexity index is 544. The van der Waals surface area contributed by atoms with Gasteiger partial charge in [0, 0.05) is 11.5 Å². The summed E-state index contributed by atoms with van der Waals surface area (Å²) >= 11 is 0. The molecule has 0 fully saturated rings. The molecule has 0 unspecified atom stereocenters. The number of pyridine rings is 1. The van der Waals surface area contributed by atoms with Gasteiger partial charge in [-0.2, -0.15) is 0 Å². The van der Waals surface area contributed by atoms with Gasteiger partial charge in [0.15, 0.2) is 0 Å². The zero-order valence-corrected chi connectivity index (χ0v) is 12.2. The largest absolute Gasteiger partial charge is 0.266 e. The predicted molar refractivity (Wildman–Crippen MR) is 81.6 cm³/mol. The van der Waals surface area contributed by atoms with Crippen LogP contribution in [-0.4, -0.2) is 13.1 Å². The van der Waals surface area contributed by atoms with Crippen LogP contribution in [0.1, 0.15) is 11.1 Å². The van der Waals surface area contributed by atoms with Gasteiger partial charge in [-0.25, -0.2) is 0 Å². The zero-order valence-electron chi connectivity index (χ0n) is 11.2. The van der Waals surface area contributed by atoms with Gasteiger partial charge in [-0.3, -0.25) is 4.98 Å². The van der Waals surface area contributed by atoms with Crippen LogP contribution in [-0.2, 0) is 0 Å². The van der Waals surface area contributed by atoms with Gasteiger partial charge in [0.25, 0.3) is 0 Å². The molecule has 0 radical (unpaired) electrons. The van der Waals surface area contributed by atoms with E-state index in [9.17, 15) is 0 Å². The van der Waals surface area contributed by atoms with E-state index >= 15 is 0 Å². The summed E-state index contributed by atoms with van der Waals surface area (Å²) in [5, 5.41) is 1.23. The Balaban J connectivity index is 2.26. The van der Waals surface area contributed by atoms with E-state index in [1.807, 2.05) is 12.3 Å². The average Bonchev–Trinajstić information content (AvgIpc) is 2.39. The summed E-state index contributed by atoms with van der Waals surface area (Å²) in [6.07, 6.45) is 4.13. The van der Waals surface area contributed by atoms with Crippen molar-refractivity contribution in [3.8, 4) is 0 Å². The monoisotopic (exact) mass is 253 g/mol. The molecular weight excluding hydrogens is 234 g/mol. The highest BCUT2D eigenvalue weighted by atomic mass is 28.3. The molecule has 1 aromatic heterocycles. The SMILES string of the molecule is Cc1ccccc1/C=C/[Si](C)(C)c1ccccn1. The second kappa shape index (κ2) is 5.32. The molecule has 0 aliphatic heterocycles. The van der Waals surface area contributed by atoms with Crippen LogP contribution in [0.2, 0.25) is 13.1 Å². The minimum absolute atomic E-state index is 1.23. The van der Waals surface area contributed by atoms with Crippen molar-refractivity contribution < 1.29 is 0 Å². The first-order valence-corrected chi connectivity index (χ1v) is 9.34. The average molecular weight is 253 g/mol. The first-order chi connectivity index (χ1) is 8.59. The molecule has 0 saturated heterocycles. The first kappa shape index (κ1) is 12.8. The Morgan fingerprint density at radius 3 is 2.39 bits per heavy atom. The van der Waals surface area contributed by atoms with Crippen molar-refractivity contribution in [1.29, 1.82) is 0 Å². The molecule has 18 heavy (non-hydrogen) atoms. The second-order valence-electron chi connectivity index (χ2n) is 5.13. The molecule has 0 spiro atoms. The van der Waals surface area contributed by atoms with Crippen molar-refractivity contribution in [3.63, 3.8) is 0 Å². The number of nitrogens with zero attached hydrogens (tertiary/aromatic N) is 1. The molecule has 0 aliphatic rings. The van der Waals surface area contributed by atoms with E-state index in [0.29, 0.717) is 0 Å². The van der Waals surface area contributed by atoms with Gasteiger partial charge in [0.2, 0.25) is 0 Å². The molecule has 0 atom stereocenters. The summed E-state index contributed by atoms with van der Waals surface area (Å²) in [5.41, 5.74) is 4.98.